The summed E-state index contributed by atoms with van der Waals surface area (Å²) in [7, 11) is 0. The van der Waals surface area contributed by atoms with Crippen LogP contribution < -0.4 is 5.32 Å². The Hall–Kier alpha value is -3.29. The van der Waals surface area contributed by atoms with E-state index in [0.29, 0.717) is 5.69 Å². The molecule has 1 saturated heterocycles. The van der Waals surface area contributed by atoms with Crippen LogP contribution in [0.15, 0.2) is 36.9 Å². The lowest BCUT2D eigenvalue weighted by Gasteiger charge is -2.27. The molecule has 0 spiro atoms. The minimum Gasteiger partial charge on any atom is -0.305 e. The Kier molecular flexibility index (Phi) is 3.05. The molecule has 1 aromatic heterocycles. The molecule has 1 unspecified atom stereocenters. The Morgan fingerprint density at radius 1 is 1.12 bits per heavy atom. The molecule has 2 aromatic rings. The molecule has 2 aliphatic rings. The predicted molar refractivity (Wildman–Crippen MR) is 80.2 cm³/mol. The number of amides is 4. The Morgan fingerprint density at radius 2 is 1.96 bits per heavy atom. The van der Waals surface area contributed by atoms with E-state index in [-0.39, 0.29) is 24.0 Å². The minimum atomic E-state index is -0.967. The van der Waals surface area contributed by atoms with Crippen LogP contribution in [0.1, 0.15) is 33.6 Å². The first-order chi connectivity index (χ1) is 11.6. The monoisotopic (exact) mass is 324 g/mol. The number of piperidine rings is 1. The van der Waals surface area contributed by atoms with Crippen molar-refractivity contribution >= 4 is 23.6 Å². The number of hydrogen-bond acceptors (Lipinski definition) is 5. The number of nitrogens with one attached hydrogen (secondary N) is 1. The molecule has 120 valence electrons. The SMILES string of the molecule is O=C1CCC(N2C(=O)c3cccc(-n4ccnc4)c3C2=O)C(=O)N1. The average molecular weight is 324 g/mol. The van der Waals surface area contributed by atoms with Crippen LogP contribution in [0.2, 0.25) is 0 Å². The van der Waals surface area contributed by atoms with E-state index in [9.17, 15) is 19.2 Å². The fraction of sp³-hybridized carbons (Fsp3) is 0.188. The van der Waals surface area contributed by atoms with E-state index in [0.717, 1.165) is 4.90 Å². The van der Waals surface area contributed by atoms with Gasteiger partial charge in [0.2, 0.25) is 11.8 Å². The van der Waals surface area contributed by atoms with Gasteiger partial charge in [-0.1, -0.05) is 6.07 Å². The molecule has 0 radical (unpaired) electrons. The molecule has 1 aromatic carbocycles. The summed E-state index contributed by atoms with van der Waals surface area (Å²) in [5.41, 5.74) is 1.01. The zero-order chi connectivity index (χ0) is 16.8. The lowest BCUT2D eigenvalue weighted by Crippen LogP contribution is -2.54. The predicted octanol–water partition coefficient (Wildman–Crippen LogP) is 0.273. The largest absolute Gasteiger partial charge is 0.305 e. The van der Waals surface area contributed by atoms with Crippen molar-refractivity contribution in [2.75, 3.05) is 0 Å². The van der Waals surface area contributed by atoms with E-state index < -0.39 is 29.7 Å². The lowest BCUT2D eigenvalue weighted by molar-refractivity contribution is -0.136. The molecule has 8 nitrogen and oxygen atoms in total. The van der Waals surface area contributed by atoms with Gasteiger partial charge in [-0.3, -0.25) is 29.4 Å². The maximum atomic E-state index is 12.9. The molecule has 0 aliphatic carbocycles. The molecular formula is C16H12N4O4. The van der Waals surface area contributed by atoms with Gasteiger partial charge in [0, 0.05) is 18.8 Å². The highest BCUT2D eigenvalue weighted by molar-refractivity contribution is 6.24. The van der Waals surface area contributed by atoms with Crippen molar-refractivity contribution in [2.24, 2.45) is 0 Å². The van der Waals surface area contributed by atoms with Gasteiger partial charge < -0.3 is 4.57 Å². The highest BCUT2D eigenvalue weighted by atomic mass is 16.2. The zero-order valence-corrected chi connectivity index (χ0v) is 12.4. The van der Waals surface area contributed by atoms with Gasteiger partial charge in [0.05, 0.1) is 23.1 Å². The van der Waals surface area contributed by atoms with Crippen LogP contribution >= 0.6 is 0 Å². The summed E-state index contributed by atoms with van der Waals surface area (Å²) in [5.74, 6) is -2.07. The van der Waals surface area contributed by atoms with Crippen LogP contribution in [0, 0.1) is 0 Å². The zero-order valence-electron chi connectivity index (χ0n) is 12.4. The van der Waals surface area contributed by atoms with E-state index >= 15 is 0 Å². The molecule has 24 heavy (non-hydrogen) atoms. The average Bonchev–Trinajstić information content (AvgIpc) is 3.17. The molecule has 3 heterocycles. The highest BCUT2D eigenvalue weighted by Gasteiger charge is 2.45. The number of aromatic nitrogens is 2. The summed E-state index contributed by atoms with van der Waals surface area (Å²) in [6, 6.07) is 3.97. The first-order valence-corrected chi connectivity index (χ1v) is 7.41. The molecule has 2 aliphatic heterocycles. The second-order valence-corrected chi connectivity index (χ2v) is 5.62. The lowest BCUT2D eigenvalue weighted by atomic mass is 10.0. The third-order valence-corrected chi connectivity index (χ3v) is 4.23. The molecule has 4 rings (SSSR count). The van der Waals surface area contributed by atoms with Crippen LogP contribution in [-0.4, -0.2) is 44.1 Å². The van der Waals surface area contributed by atoms with Crippen molar-refractivity contribution in [1.29, 1.82) is 0 Å². The van der Waals surface area contributed by atoms with Crippen molar-refractivity contribution in [2.45, 2.75) is 18.9 Å². The Labute approximate surface area is 136 Å². The number of benzene rings is 1. The van der Waals surface area contributed by atoms with Crippen molar-refractivity contribution in [3.05, 3.63) is 48.0 Å². The number of carbonyl (C=O) groups is 4. The number of fused-ring (bicyclic) bond motifs is 1. The van der Waals surface area contributed by atoms with Crippen LogP contribution in [0.3, 0.4) is 0 Å². The summed E-state index contributed by atoms with van der Waals surface area (Å²) in [6.07, 6.45) is 5.00. The Balaban J connectivity index is 1.78. The van der Waals surface area contributed by atoms with E-state index in [4.69, 9.17) is 0 Å². The summed E-state index contributed by atoms with van der Waals surface area (Å²) in [4.78, 5) is 53.8. The van der Waals surface area contributed by atoms with Gasteiger partial charge in [-0.2, -0.15) is 0 Å². The molecule has 1 atom stereocenters. The fourth-order valence-corrected chi connectivity index (χ4v) is 3.11. The van der Waals surface area contributed by atoms with E-state index in [2.05, 4.69) is 10.3 Å². The summed E-state index contributed by atoms with van der Waals surface area (Å²) in [6.45, 7) is 0. The van der Waals surface area contributed by atoms with Crippen molar-refractivity contribution in [3.8, 4) is 5.69 Å². The van der Waals surface area contributed by atoms with Crippen LogP contribution in [0.5, 0.6) is 0 Å². The van der Waals surface area contributed by atoms with Gasteiger partial charge in [0.15, 0.2) is 0 Å². The molecule has 0 saturated carbocycles. The van der Waals surface area contributed by atoms with Gasteiger partial charge >= 0.3 is 0 Å². The van der Waals surface area contributed by atoms with E-state index in [1.807, 2.05) is 0 Å². The van der Waals surface area contributed by atoms with Crippen molar-refractivity contribution in [3.63, 3.8) is 0 Å². The van der Waals surface area contributed by atoms with Gasteiger partial charge in [0.1, 0.15) is 6.04 Å². The second kappa shape index (κ2) is 5.12. The smallest absolute Gasteiger partial charge is 0.264 e. The molecule has 0 bridgehead atoms. The maximum absolute atomic E-state index is 12.9. The van der Waals surface area contributed by atoms with Gasteiger partial charge in [-0.15, -0.1) is 0 Å². The molecule has 1 N–H and O–H groups in total. The third-order valence-electron chi connectivity index (χ3n) is 4.23. The number of nitrogens with zero attached hydrogens (tertiary/aromatic N) is 3. The van der Waals surface area contributed by atoms with Gasteiger partial charge in [0.25, 0.3) is 11.8 Å². The summed E-state index contributed by atoms with van der Waals surface area (Å²) in [5, 5.41) is 2.18. The number of carbonyl (C=O) groups excluding carboxylic acids is 4. The molecule has 4 amide bonds. The molecular weight excluding hydrogens is 312 g/mol. The summed E-state index contributed by atoms with van der Waals surface area (Å²) >= 11 is 0. The fourth-order valence-electron chi connectivity index (χ4n) is 3.11. The number of imide groups is 2. The van der Waals surface area contributed by atoms with Crippen LogP contribution in [0.25, 0.3) is 5.69 Å². The molecule has 8 heteroatoms. The van der Waals surface area contributed by atoms with Gasteiger partial charge in [-0.25, -0.2) is 4.98 Å². The maximum Gasteiger partial charge on any atom is 0.264 e. The Morgan fingerprint density at radius 3 is 2.67 bits per heavy atom. The first-order valence-electron chi connectivity index (χ1n) is 7.41. The number of imidazole rings is 1. The van der Waals surface area contributed by atoms with Crippen molar-refractivity contribution < 1.29 is 19.2 Å². The van der Waals surface area contributed by atoms with E-state index in [1.54, 1.807) is 35.2 Å². The first kappa shape index (κ1) is 14.3. The van der Waals surface area contributed by atoms with E-state index in [1.165, 1.54) is 6.33 Å². The second-order valence-electron chi connectivity index (χ2n) is 5.62. The molecule has 1 fully saturated rings. The Bertz CT molecular complexity index is 887. The highest BCUT2D eigenvalue weighted by Crippen LogP contribution is 2.31. The van der Waals surface area contributed by atoms with Gasteiger partial charge in [-0.05, 0) is 18.6 Å². The normalized spacial score (nSPS) is 20.3. The minimum absolute atomic E-state index is 0.0954. The van der Waals surface area contributed by atoms with Crippen molar-refractivity contribution in [1.82, 2.24) is 19.8 Å². The number of hydrogen-bond donors (Lipinski definition) is 1. The third kappa shape index (κ3) is 1.96. The topological polar surface area (TPSA) is 101 Å². The number of rotatable bonds is 2. The van der Waals surface area contributed by atoms with Crippen LogP contribution in [-0.2, 0) is 9.59 Å². The van der Waals surface area contributed by atoms with Crippen LogP contribution in [0.4, 0.5) is 0 Å². The summed E-state index contributed by atoms with van der Waals surface area (Å²) < 4.78 is 1.64. The quantitative estimate of drug-likeness (QED) is 0.799. The standard InChI is InChI=1S/C16H12N4O4/c21-12-5-4-11(14(22)18-12)20-15(23)9-2-1-3-10(13(9)16(20)24)19-7-6-17-8-19/h1-3,6-8,11H,4-5H2,(H,18,21,22).